The number of hydrogen-bond donors (Lipinski definition) is 0. The zero-order valence-electron chi connectivity index (χ0n) is 33.1. The van der Waals surface area contributed by atoms with Crippen LogP contribution in [-0.4, -0.2) is 16.1 Å². The van der Waals surface area contributed by atoms with E-state index in [9.17, 15) is 0 Å². The lowest BCUT2D eigenvalue weighted by Crippen LogP contribution is -2.37. The Kier molecular flexibility index (Phi) is 8.04. The van der Waals surface area contributed by atoms with E-state index in [0.29, 0.717) is 0 Å². The highest BCUT2D eigenvalue weighted by Gasteiger charge is 2.49. The third-order valence-electron chi connectivity index (χ3n) is 12.8. The van der Waals surface area contributed by atoms with Gasteiger partial charge in [0.1, 0.15) is 0 Å². The van der Waals surface area contributed by atoms with E-state index < -0.39 is 5.41 Å². The summed E-state index contributed by atoms with van der Waals surface area (Å²) in [6.45, 7) is 2.22. The Hall–Kier alpha value is -7.01. The van der Waals surface area contributed by atoms with Gasteiger partial charge in [0, 0.05) is 31.7 Å². The first-order valence-electron chi connectivity index (χ1n) is 20.8. The first-order valence-corrected chi connectivity index (χ1v) is 21.6. The van der Waals surface area contributed by atoms with Crippen molar-refractivity contribution in [3.8, 4) is 16.8 Å². The molecule has 3 nitrogen and oxygen atoms in total. The van der Waals surface area contributed by atoms with Crippen molar-refractivity contribution < 1.29 is 0 Å². The summed E-state index contributed by atoms with van der Waals surface area (Å²) in [4.78, 5) is 13.3. The molecule has 9 aromatic rings. The molecule has 8 aromatic carbocycles. The van der Waals surface area contributed by atoms with Crippen molar-refractivity contribution in [3.05, 3.63) is 239 Å². The quantitative estimate of drug-likeness (QED) is 0.175. The second kappa shape index (κ2) is 13.8. The van der Waals surface area contributed by atoms with Gasteiger partial charge in [-0.05, 0) is 88.5 Å². The fraction of sp³-hybridized carbons (Fsp3) is 0.0714. The van der Waals surface area contributed by atoms with Crippen molar-refractivity contribution in [1.29, 1.82) is 0 Å². The molecule has 1 spiro atoms. The summed E-state index contributed by atoms with van der Waals surface area (Å²) in [5.41, 5.74) is 17.5. The average molecular weight is 786 g/mol. The normalized spacial score (nSPS) is 17.9. The van der Waals surface area contributed by atoms with Gasteiger partial charge in [0.15, 0.2) is 5.84 Å². The standard InChI is InChI=1S/C56H39N3S/c1-36-33-34-48(57-55(38-19-6-3-7-20-38)58-52(36)37-17-4-2-5-18-37)40-22-14-21-39(35-40)41-24-15-29-47-54(41)60-51-32-13-10-27-45(51)56(47)44-26-9-12-31-50(44)59-49-30-11-8-23-42(49)43-25-16-28-46(56)53(43)59/h2-32,35H,33-34H2,1H3/b52-36+,57-48?,58-55?. The molecule has 0 amide bonds. The van der Waals surface area contributed by atoms with Crippen LogP contribution in [-0.2, 0) is 5.41 Å². The second-order valence-electron chi connectivity index (χ2n) is 16.0. The molecule has 4 heterocycles. The molecule has 0 saturated heterocycles. The maximum atomic E-state index is 5.42. The van der Waals surface area contributed by atoms with E-state index in [0.717, 1.165) is 46.8 Å². The van der Waals surface area contributed by atoms with Crippen LogP contribution in [0.1, 0.15) is 58.7 Å². The van der Waals surface area contributed by atoms with Crippen LogP contribution >= 0.6 is 11.8 Å². The average Bonchev–Trinajstić information content (AvgIpc) is 3.65. The van der Waals surface area contributed by atoms with E-state index in [4.69, 9.17) is 9.98 Å². The molecule has 1 unspecified atom stereocenters. The summed E-state index contributed by atoms with van der Waals surface area (Å²) in [6.07, 6.45) is 1.68. The number of nitrogens with zero attached hydrogens (tertiary/aromatic N) is 3. The number of hydrogen-bond acceptors (Lipinski definition) is 3. The molecule has 284 valence electrons. The van der Waals surface area contributed by atoms with Crippen LogP contribution in [0.15, 0.2) is 219 Å². The Bertz CT molecular complexity index is 3300. The van der Waals surface area contributed by atoms with Crippen LogP contribution in [0.2, 0.25) is 0 Å². The van der Waals surface area contributed by atoms with Crippen molar-refractivity contribution in [3.63, 3.8) is 0 Å². The third-order valence-corrected chi connectivity index (χ3v) is 14.0. The molecule has 1 aromatic heterocycles. The molecule has 3 aliphatic rings. The zero-order chi connectivity index (χ0) is 39.8. The number of fused-ring (bicyclic) bond motifs is 11. The largest absolute Gasteiger partial charge is 0.309 e. The summed E-state index contributed by atoms with van der Waals surface area (Å²) < 4.78 is 2.51. The van der Waals surface area contributed by atoms with E-state index in [1.807, 2.05) is 17.8 Å². The minimum atomic E-state index is -0.531. The van der Waals surface area contributed by atoms with Gasteiger partial charge < -0.3 is 4.57 Å². The van der Waals surface area contributed by atoms with Gasteiger partial charge in [0.25, 0.3) is 0 Å². The Labute approximate surface area is 354 Å². The van der Waals surface area contributed by atoms with Gasteiger partial charge in [-0.1, -0.05) is 182 Å². The molecular formula is C56H39N3S. The number of para-hydroxylation sites is 3. The topological polar surface area (TPSA) is 29.6 Å². The molecule has 0 fully saturated rings. The SMILES string of the molecule is C/C1=C(/c2ccccc2)N=C(c2ccccc2)N=C(c2cccc(-c3cccc4c3Sc3ccccc3C43c4ccccc4-n4c5ccccc5c5cccc3c54)c2)CC1. The number of amidine groups is 1. The van der Waals surface area contributed by atoms with Gasteiger partial charge >= 0.3 is 0 Å². The minimum absolute atomic E-state index is 0.531. The van der Waals surface area contributed by atoms with Crippen LogP contribution in [0, 0.1) is 0 Å². The molecule has 3 aliphatic heterocycles. The van der Waals surface area contributed by atoms with Crippen LogP contribution < -0.4 is 0 Å². The maximum absolute atomic E-state index is 5.42. The zero-order valence-corrected chi connectivity index (χ0v) is 34.0. The smallest absolute Gasteiger partial charge is 0.160 e. The van der Waals surface area contributed by atoms with Gasteiger partial charge in [-0.3, -0.25) is 0 Å². The Morgan fingerprint density at radius 1 is 0.500 bits per heavy atom. The Morgan fingerprint density at radius 3 is 2.00 bits per heavy atom. The maximum Gasteiger partial charge on any atom is 0.160 e. The predicted molar refractivity (Wildman–Crippen MR) is 250 cm³/mol. The van der Waals surface area contributed by atoms with E-state index in [1.165, 1.54) is 76.2 Å². The highest BCUT2D eigenvalue weighted by molar-refractivity contribution is 7.99. The van der Waals surface area contributed by atoms with Crippen LogP contribution in [0.3, 0.4) is 0 Å². The predicted octanol–water partition coefficient (Wildman–Crippen LogP) is 14.1. The van der Waals surface area contributed by atoms with Crippen LogP contribution in [0.5, 0.6) is 0 Å². The number of allylic oxidation sites excluding steroid dienone is 1. The van der Waals surface area contributed by atoms with Crippen LogP contribution in [0.4, 0.5) is 0 Å². The molecule has 0 N–H and O–H groups in total. The van der Waals surface area contributed by atoms with Gasteiger partial charge in [-0.15, -0.1) is 0 Å². The molecule has 60 heavy (non-hydrogen) atoms. The van der Waals surface area contributed by atoms with Gasteiger partial charge in [-0.2, -0.15) is 0 Å². The summed E-state index contributed by atoms with van der Waals surface area (Å²) in [7, 11) is 0. The molecular weight excluding hydrogens is 747 g/mol. The molecule has 4 heteroatoms. The fourth-order valence-electron chi connectivity index (χ4n) is 10.1. The second-order valence-corrected chi connectivity index (χ2v) is 17.1. The molecule has 1 atom stereocenters. The minimum Gasteiger partial charge on any atom is -0.309 e. The van der Waals surface area contributed by atoms with Crippen molar-refractivity contribution in [2.75, 3.05) is 0 Å². The highest BCUT2D eigenvalue weighted by Crippen LogP contribution is 2.61. The first-order chi connectivity index (χ1) is 29.7. The lowest BCUT2D eigenvalue weighted by molar-refractivity contribution is 0.690. The van der Waals surface area contributed by atoms with Crippen molar-refractivity contribution >= 4 is 50.8 Å². The van der Waals surface area contributed by atoms with E-state index in [1.54, 1.807) is 0 Å². The van der Waals surface area contributed by atoms with Gasteiger partial charge in [0.2, 0.25) is 0 Å². The van der Waals surface area contributed by atoms with Gasteiger partial charge in [0.05, 0.1) is 33.5 Å². The highest BCUT2D eigenvalue weighted by atomic mass is 32.2. The number of aliphatic imine (C=N–C) groups is 2. The molecule has 0 radical (unpaired) electrons. The Morgan fingerprint density at radius 2 is 1.13 bits per heavy atom. The lowest BCUT2D eigenvalue weighted by Gasteiger charge is -2.45. The van der Waals surface area contributed by atoms with Crippen molar-refractivity contribution in [2.45, 2.75) is 35.0 Å². The molecule has 12 rings (SSSR count). The van der Waals surface area contributed by atoms with E-state index >= 15 is 0 Å². The summed E-state index contributed by atoms with van der Waals surface area (Å²) in [5.74, 6) is 0.739. The van der Waals surface area contributed by atoms with Gasteiger partial charge in [-0.25, -0.2) is 9.98 Å². The lowest BCUT2D eigenvalue weighted by atomic mass is 9.62. The summed E-state index contributed by atoms with van der Waals surface area (Å²) in [5, 5.41) is 2.57. The third kappa shape index (κ3) is 5.17. The molecule has 0 saturated carbocycles. The number of rotatable bonds is 4. The monoisotopic (exact) mass is 785 g/mol. The molecule has 0 aliphatic carbocycles. The van der Waals surface area contributed by atoms with Crippen molar-refractivity contribution in [2.24, 2.45) is 9.98 Å². The van der Waals surface area contributed by atoms with Crippen LogP contribution in [0.25, 0.3) is 44.3 Å². The number of aromatic nitrogens is 1. The van der Waals surface area contributed by atoms with Crippen molar-refractivity contribution in [1.82, 2.24) is 4.57 Å². The Balaban J connectivity index is 1.06. The van der Waals surface area contributed by atoms with E-state index in [-0.39, 0.29) is 0 Å². The molecule has 0 bridgehead atoms. The summed E-state index contributed by atoms with van der Waals surface area (Å²) >= 11 is 1.90. The first kappa shape index (κ1) is 35.0. The number of benzene rings is 8. The van der Waals surface area contributed by atoms with E-state index in [2.05, 4.69) is 200 Å². The summed E-state index contributed by atoms with van der Waals surface area (Å²) in [6, 6.07) is 71.0. The fourth-order valence-corrected chi connectivity index (χ4v) is 11.4.